The normalized spacial score (nSPS) is 12.5. The van der Waals surface area contributed by atoms with Crippen LogP contribution in [0.2, 0.25) is 0 Å². The summed E-state index contributed by atoms with van der Waals surface area (Å²) in [7, 11) is 0. The van der Waals surface area contributed by atoms with Crippen LogP contribution in [0.1, 0.15) is 25.8 Å². The number of nitrogens with one attached hydrogen (secondary N) is 1. The number of hydrogen-bond acceptors (Lipinski definition) is 2. The molecule has 0 amide bonds. The van der Waals surface area contributed by atoms with Crippen molar-refractivity contribution < 1.29 is 0 Å². The van der Waals surface area contributed by atoms with Gasteiger partial charge in [-0.05, 0) is 36.6 Å². The van der Waals surface area contributed by atoms with E-state index >= 15 is 0 Å². The molecule has 0 saturated carbocycles. The smallest absolute Gasteiger partial charge is 0.0299 e. The molecular weight excluding hydrogens is 184 g/mol. The summed E-state index contributed by atoms with van der Waals surface area (Å²) in [6.45, 7) is 8.17. The van der Waals surface area contributed by atoms with Crippen molar-refractivity contribution in [1.82, 2.24) is 10.3 Å². The van der Waals surface area contributed by atoms with E-state index in [1.165, 1.54) is 5.56 Å². The molecule has 0 aliphatic rings. The van der Waals surface area contributed by atoms with E-state index in [0.29, 0.717) is 12.0 Å². The van der Waals surface area contributed by atoms with E-state index < -0.39 is 0 Å². The molecule has 0 aliphatic heterocycles. The second-order valence-electron chi connectivity index (χ2n) is 4.12. The van der Waals surface area contributed by atoms with Gasteiger partial charge in [0.25, 0.3) is 0 Å². The van der Waals surface area contributed by atoms with Gasteiger partial charge in [0.2, 0.25) is 0 Å². The Morgan fingerprint density at radius 3 is 2.87 bits per heavy atom. The largest absolute Gasteiger partial charge is 0.388 e. The fourth-order valence-corrected chi connectivity index (χ4v) is 1.63. The third kappa shape index (κ3) is 4.15. The van der Waals surface area contributed by atoms with Gasteiger partial charge in [-0.3, -0.25) is 4.98 Å². The first-order valence-electron chi connectivity index (χ1n) is 5.50. The molecule has 0 radical (unpaired) electrons. The zero-order valence-corrected chi connectivity index (χ0v) is 9.61. The highest BCUT2D eigenvalue weighted by Crippen LogP contribution is 2.10. The van der Waals surface area contributed by atoms with Crippen LogP contribution >= 0.6 is 0 Å². The van der Waals surface area contributed by atoms with E-state index in [1.807, 2.05) is 18.5 Å². The maximum atomic E-state index is 4.11. The van der Waals surface area contributed by atoms with Crippen LogP contribution < -0.4 is 5.32 Å². The highest BCUT2D eigenvalue weighted by atomic mass is 14.9. The molecule has 0 aromatic carbocycles. The number of aromatic nitrogens is 1. The summed E-state index contributed by atoms with van der Waals surface area (Å²) in [6.07, 6.45) is 7.72. The summed E-state index contributed by atoms with van der Waals surface area (Å²) in [6, 6.07) is 4.61. The summed E-state index contributed by atoms with van der Waals surface area (Å²) in [4.78, 5) is 4.11. The lowest BCUT2D eigenvalue weighted by Crippen LogP contribution is -2.30. The molecule has 0 spiro atoms. The average molecular weight is 204 g/mol. The molecule has 1 heterocycles. The van der Waals surface area contributed by atoms with Crippen LogP contribution in [0.3, 0.4) is 0 Å². The van der Waals surface area contributed by atoms with E-state index in [0.717, 1.165) is 12.8 Å². The molecule has 1 N–H and O–H groups in total. The molecular formula is C13H20N2. The number of nitrogens with zero attached hydrogens (tertiary/aromatic N) is 1. The molecule has 15 heavy (non-hydrogen) atoms. The molecule has 1 unspecified atom stereocenters. The molecule has 2 nitrogen and oxygen atoms in total. The summed E-state index contributed by atoms with van der Waals surface area (Å²) < 4.78 is 0. The number of rotatable bonds is 6. The SMILES string of the molecule is C=CNC(CCc1cccnc1)C(C)C. The quantitative estimate of drug-likeness (QED) is 0.770. The summed E-state index contributed by atoms with van der Waals surface area (Å²) in [5, 5.41) is 3.30. The fraction of sp³-hybridized carbons (Fsp3) is 0.462. The maximum Gasteiger partial charge on any atom is 0.0299 e. The van der Waals surface area contributed by atoms with Crippen molar-refractivity contribution in [3.05, 3.63) is 42.9 Å². The standard InChI is InChI=1S/C13H20N2/c1-4-15-13(11(2)3)8-7-12-6-5-9-14-10-12/h4-6,9-11,13,15H,1,7-8H2,2-3H3. The van der Waals surface area contributed by atoms with Gasteiger partial charge in [0.1, 0.15) is 0 Å². The van der Waals surface area contributed by atoms with Crippen molar-refractivity contribution in [2.45, 2.75) is 32.7 Å². The van der Waals surface area contributed by atoms with Crippen LogP contribution in [0.15, 0.2) is 37.3 Å². The molecule has 1 atom stereocenters. The van der Waals surface area contributed by atoms with Gasteiger partial charge < -0.3 is 5.32 Å². The first kappa shape index (κ1) is 11.8. The van der Waals surface area contributed by atoms with Crippen LogP contribution in [0, 0.1) is 5.92 Å². The van der Waals surface area contributed by atoms with Gasteiger partial charge >= 0.3 is 0 Å². The Balaban J connectivity index is 2.43. The maximum absolute atomic E-state index is 4.11. The minimum atomic E-state index is 0.503. The minimum absolute atomic E-state index is 0.503. The molecule has 0 saturated heterocycles. The summed E-state index contributed by atoms with van der Waals surface area (Å²) in [5.74, 6) is 0.625. The second-order valence-corrected chi connectivity index (χ2v) is 4.12. The van der Waals surface area contributed by atoms with E-state index in [4.69, 9.17) is 0 Å². The Labute approximate surface area is 92.4 Å². The van der Waals surface area contributed by atoms with Gasteiger partial charge in [-0.15, -0.1) is 0 Å². The molecule has 1 aromatic rings. The predicted molar refractivity (Wildman–Crippen MR) is 64.5 cm³/mol. The summed E-state index contributed by atoms with van der Waals surface area (Å²) >= 11 is 0. The van der Waals surface area contributed by atoms with Crippen LogP contribution in [-0.4, -0.2) is 11.0 Å². The third-order valence-electron chi connectivity index (χ3n) is 2.60. The molecule has 1 rings (SSSR count). The number of hydrogen-bond donors (Lipinski definition) is 1. The predicted octanol–water partition coefficient (Wildman–Crippen LogP) is 2.77. The fourth-order valence-electron chi connectivity index (χ4n) is 1.63. The Morgan fingerprint density at radius 1 is 1.53 bits per heavy atom. The monoisotopic (exact) mass is 204 g/mol. The van der Waals surface area contributed by atoms with Crippen LogP contribution in [0.4, 0.5) is 0 Å². The van der Waals surface area contributed by atoms with E-state index in [1.54, 1.807) is 6.20 Å². The first-order valence-corrected chi connectivity index (χ1v) is 5.50. The van der Waals surface area contributed by atoms with Gasteiger partial charge in [-0.2, -0.15) is 0 Å². The Kier molecular flexibility index (Phi) is 4.88. The van der Waals surface area contributed by atoms with Gasteiger partial charge in [0, 0.05) is 18.4 Å². The Morgan fingerprint density at radius 2 is 2.33 bits per heavy atom. The van der Waals surface area contributed by atoms with Crippen LogP contribution in [0.5, 0.6) is 0 Å². The molecule has 0 fully saturated rings. The highest BCUT2D eigenvalue weighted by Gasteiger charge is 2.10. The van der Waals surface area contributed by atoms with Gasteiger partial charge in [-0.1, -0.05) is 26.5 Å². The molecule has 2 heteroatoms. The highest BCUT2D eigenvalue weighted by molar-refractivity contribution is 5.08. The zero-order valence-electron chi connectivity index (χ0n) is 9.61. The first-order chi connectivity index (χ1) is 7.24. The molecule has 0 aliphatic carbocycles. The lowest BCUT2D eigenvalue weighted by Gasteiger charge is -2.20. The van der Waals surface area contributed by atoms with Crippen molar-refractivity contribution >= 4 is 0 Å². The second kappa shape index (κ2) is 6.23. The van der Waals surface area contributed by atoms with Crippen LogP contribution in [-0.2, 0) is 6.42 Å². The van der Waals surface area contributed by atoms with E-state index in [2.05, 4.69) is 36.8 Å². The lowest BCUT2D eigenvalue weighted by atomic mass is 9.97. The van der Waals surface area contributed by atoms with Crippen molar-refractivity contribution in [2.24, 2.45) is 5.92 Å². The van der Waals surface area contributed by atoms with Gasteiger partial charge in [0.05, 0.1) is 0 Å². The van der Waals surface area contributed by atoms with Crippen molar-refractivity contribution in [1.29, 1.82) is 0 Å². The molecule has 0 bridgehead atoms. The average Bonchev–Trinajstić information content (AvgIpc) is 2.25. The minimum Gasteiger partial charge on any atom is -0.388 e. The number of aryl methyl sites for hydroxylation is 1. The van der Waals surface area contributed by atoms with Crippen molar-refractivity contribution in [3.8, 4) is 0 Å². The molecule has 82 valence electrons. The van der Waals surface area contributed by atoms with Crippen molar-refractivity contribution in [3.63, 3.8) is 0 Å². The topological polar surface area (TPSA) is 24.9 Å². The summed E-state index contributed by atoms with van der Waals surface area (Å²) in [5.41, 5.74) is 1.30. The van der Waals surface area contributed by atoms with E-state index in [9.17, 15) is 0 Å². The van der Waals surface area contributed by atoms with Crippen molar-refractivity contribution in [2.75, 3.05) is 0 Å². The lowest BCUT2D eigenvalue weighted by molar-refractivity contribution is 0.416. The Hall–Kier alpha value is -1.31. The van der Waals surface area contributed by atoms with Crippen LogP contribution in [0.25, 0.3) is 0 Å². The Bertz CT molecular complexity index is 280. The molecule has 1 aromatic heterocycles. The number of pyridine rings is 1. The van der Waals surface area contributed by atoms with E-state index in [-0.39, 0.29) is 0 Å². The third-order valence-corrected chi connectivity index (χ3v) is 2.60. The van der Waals surface area contributed by atoms with Gasteiger partial charge in [0.15, 0.2) is 0 Å². The zero-order chi connectivity index (χ0) is 11.1. The van der Waals surface area contributed by atoms with Gasteiger partial charge in [-0.25, -0.2) is 0 Å².